The van der Waals surface area contributed by atoms with Crippen molar-refractivity contribution >= 4 is 23.7 Å². The van der Waals surface area contributed by atoms with Crippen LogP contribution >= 0.6 is 0 Å². The van der Waals surface area contributed by atoms with Crippen molar-refractivity contribution in [1.82, 2.24) is 9.80 Å². The molecule has 2 atom stereocenters. The number of nitriles is 1. The largest absolute Gasteiger partial charge is 0.490 e. The van der Waals surface area contributed by atoms with Gasteiger partial charge in [0.25, 0.3) is 0 Å². The number of oxime groups is 1. The van der Waals surface area contributed by atoms with Crippen molar-refractivity contribution < 1.29 is 18.8 Å². The predicted octanol–water partition coefficient (Wildman–Crippen LogP) is 5.21. The molecule has 1 amide bonds. The fourth-order valence-corrected chi connectivity index (χ4v) is 5.31. The van der Waals surface area contributed by atoms with Crippen LogP contribution < -0.4 is 4.74 Å². The standard InChI is InChI=1S/C29H38FN5O3/c1-20(2)18-33-38-29(32)34-14-11-21(12-15-34)19-37-27-10-9-24(16-26(27)30)22-5-7-23(8-6-22)28(36)35-13-3-4-25(35)17-31/h5,9-10,16,18,20-21,23,25,32H,3-4,6-8,11-15,19H2,1-2H3/b32-29?,33-18-. The van der Waals surface area contributed by atoms with E-state index >= 15 is 0 Å². The van der Waals surface area contributed by atoms with Crippen LogP contribution in [0.3, 0.4) is 0 Å². The third kappa shape index (κ3) is 6.91. The second-order valence-corrected chi connectivity index (χ2v) is 10.8. The molecule has 204 valence electrons. The van der Waals surface area contributed by atoms with Crippen molar-refractivity contribution in [2.75, 3.05) is 26.2 Å². The quantitative estimate of drug-likeness (QED) is 0.300. The molecule has 1 aromatic carbocycles. The van der Waals surface area contributed by atoms with Crippen molar-refractivity contribution in [2.45, 2.75) is 64.8 Å². The molecule has 0 saturated carbocycles. The summed E-state index contributed by atoms with van der Waals surface area (Å²) in [7, 11) is 0. The van der Waals surface area contributed by atoms with E-state index in [1.165, 1.54) is 6.07 Å². The Kier molecular flexibility index (Phi) is 9.38. The van der Waals surface area contributed by atoms with Gasteiger partial charge in [-0.05, 0) is 80.1 Å². The molecule has 8 nitrogen and oxygen atoms in total. The average Bonchev–Trinajstić information content (AvgIpc) is 3.41. The van der Waals surface area contributed by atoms with E-state index in [1.807, 2.05) is 30.9 Å². The number of amidine groups is 1. The van der Waals surface area contributed by atoms with Gasteiger partial charge in [0.1, 0.15) is 6.04 Å². The number of carbonyl (C=O) groups is 1. The third-order valence-corrected chi connectivity index (χ3v) is 7.62. The van der Waals surface area contributed by atoms with Crippen LogP contribution in [0.4, 0.5) is 4.39 Å². The maximum absolute atomic E-state index is 14.9. The zero-order valence-corrected chi connectivity index (χ0v) is 22.4. The summed E-state index contributed by atoms with van der Waals surface area (Å²) in [6.45, 7) is 6.44. The van der Waals surface area contributed by atoms with Crippen molar-refractivity contribution in [1.29, 1.82) is 10.7 Å². The van der Waals surface area contributed by atoms with E-state index in [4.69, 9.17) is 15.0 Å². The summed E-state index contributed by atoms with van der Waals surface area (Å²) in [6, 6.07) is 7.10. The molecule has 2 heterocycles. The second kappa shape index (κ2) is 12.9. The van der Waals surface area contributed by atoms with Crippen LogP contribution in [-0.4, -0.2) is 60.2 Å². The molecule has 38 heavy (non-hydrogen) atoms. The molecule has 9 heteroatoms. The molecule has 1 aliphatic carbocycles. The smallest absolute Gasteiger partial charge is 0.314 e. The lowest BCUT2D eigenvalue weighted by Crippen LogP contribution is -2.39. The lowest BCUT2D eigenvalue weighted by molar-refractivity contribution is -0.135. The van der Waals surface area contributed by atoms with Crippen LogP contribution in [0.25, 0.3) is 5.57 Å². The third-order valence-electron chi connectivity index (χ3n) is 7.62. The minimum absolute atomic E-state index is 0.0537. The molecular formula is C29H38FN5O3. The number of amides is 1. The Balaban J connectivity index is 1.24. The van der Waals surface area contributed by atoms with E-state index in [-0.39, 0.29) is 47.3 Å². The van der Waals surface area contributed by atoms with Crippen molar-refractivity contribution in [3.8, 4) is 11.8 Å². The van der Waals surface area contributed by atoms with E-state index in [9.17, 15) is 14.4 Å². The molecule has 2 fully saturated rings. The number of nitrogens with zero attached hydrogens (tertiary/aromatic N) is 4. The lowest BCUT2D eigenvalue weighted by Gasteiger charge is -2.31. The molecule has 0 bridgehead atoms. The van der Waals surface area contributed by atoms with Crippen LogP contribution in [0.1, 0.15) is 64.4 Å². The molecule has 2 aliphatic heterocycles. The number of hydrogen-bond acceptors (Lipinski definition) is 6. The number of ether oxygens (including phenoxy) is 1. The van der Waals surface area contributed by atoms with Gasteiger partial charge in [-0.2, -0.15) is 5.26 Å². The molecular weight excluding hydrogens is 485 g/mol. The van der Waals surface area contributed by atoms with Crippen LogP contribution in [0.5, 0.6) is 5.75 Å². The van der Waals surface area contributed by atoms with Gasteiger partial charge in [0.05, 0.1) is 12.7 Å². The summed E-state index contributed by atoms with van der Waals surface area (Å²) in [6.07, 6.45) is 9.06. The van der Waals surface area contributed by atoms with Crippen LogP contribution in [0, 0.1) is 40.3 Å². The highest BCUT2D eigenvalue weighted by atomic mass is 19.1. The van der Waals surface area contributed by atoms with E-state index in [0.29, 0.717) is 45.5 Å². The Morgan fingerprint density at radius 3 is 2.71 bits per heavy atom. The first-order valence-electron chi connectivity index (χ1n) is 13.7. The summed E-state index contributed by atoms with van der Waals surface area (Å²) in [5.41, 5.74) is 1.87. The van der Waals surface area contributed by atoms with Gasteiger partial charge >= 0.3 is 6.02 Å². The monoisotopic (exact) mass is 523 g/mol. The molecule has 1 N–H and O–H groups in total. The summed E-state index contributed by atoms with van der Waals surface area (Å²) in [4.78, 5) is 21.6. The van der Waals surface area contributed by atoms with Gasteiger partial charge in [-0.15, -0.1) is 0 Å². The molecule has 0 spiro atoms. The first-order valence-corrected chi connectivity index (χ1v) is 13.7. The van der Waals surface area contributed by atoms with Crippen molar-refractivity contribution in [3.05, 3.63) is 35.7 Å². The van der Waals surface area contributed by atoms with Gasteiger partial charge in [0.2, 0.25) is 5.91 Å². The number of allylic oxidation sites excluding steroid dienone is 2. The average molecular weight is 524 g/mol. The zero-order chi connectivity index (χ0) is 27.1. The number of piperidine rings is 1. The molecule has 2 saturated heterocycles. The predicted molar refractivity (Wildman–Crippen MR) is 144 cm³/mol. The number of hydrogen-bond donors (Lipinski definition) is 1. The minimum atomic E-state index is -0.383. The Bertz CT molecular complexity index is 1100. The molecule has 4 rings (SSSR count). The molecule has 0 radical (unpaired) electrons. The van der Waals surface area contributed by atoms with Gasteiger partial charge in [0.15, 0.2) is 11.6 Å². The van der Waals surface area contributed by atoms with Crippen molar-refractivity contribution in [2.24, 2.45) is 22.9 Å². The SMILES string of the molecule is CC(C)/C=N\OC(=N)N1CCC(COc2ccc(C3=CCC(C(=O)N4CCCC4C#N)CC3)cc2F)CC1. The summed E-state index contributed by atoms with van der Waals surface area (Å²) in [5, 5.41) is 21.1. The molecule has 2 unspecified atom stereocenters. The summed E-state index contributed by atoms with van der Waals surface area (Å²) in [5.74, 6) is 0.386. The highest BCUT2D eigenvalue weighted by molar-refractivity contribution is 5.81. The second-order valence-electron chi connectivity index (χ2n) is 10.8. The summed E-state index contributed by atoms with van der Waals surface area (Å²) >= 11 is 0. The highest BCUT2D eigenvalue weighted by Crippen LogP contribution is 2.34. The topological polar surface area (TPSA) is 102 Å². The van der Waals surface area contributed by atoms with Gasteiger partial charge in [0, 0.05) is 31.8 Å². The normalized spacial score (nSPS) is 22.4. The summed E-state index contributed by atoms with van der Waals surface area (Å²) < 4.78 is 20.7. The molecule has 0 aromatic heterocycles. The first kappa shape index (κ1) is 27.6. The van der Waals surface area contributed by atoms with Gasteiger partial charge in [-0.1, -0.05) is 31.1 Å². The minimum Gasteiger partial charge on any atom is -0.490 e. The van der Waals surface area contributed by atoms with E-state index in [1.54, 1.807) is 17.2 Å². The molecule has 3 aliphatic rings. The maximum atomic E-state index is 14.9. The number of likely N-dealkylation sites (tertiary alicyclic amines) is 2. The zero-order valence-electron chi connectivity index (χ0n) is 22.4. The Hall–Kier alpha value is -3.41. The first-order chi connectivity index (χ1) is 18.4. The number of nitrogens with one attached hydrogen (secondary N) is 1. The van der Waals surface area contributed by atoms with E-state index in [0.717, 1.165) is 36.8 Å². The van der Waals surface area contributed by atoms with Crippen LogP contribution in [0.15, 0.2) is 29.4 Å². The van der Waals surface area contributed by atoms with E-state index in [2.05, 4.69) is 11.2 Å². The van der Waals surface area contributed by atoms with Crippen LogP contribution in [-0.2, 0) is 9.63 Å². The van der Waals surface area contributed by atoms with Crippen LogP contribution in [0.2, 0.25) is 0 Å². The number of carbonyl (C=O) groups excluding carboxylic acids is 1. The van der Waals surface area contributed by atoms with Gasteiger partial charge in [-0.3, -0.25) is 4.79 Å². The number of benzene rings is 1. The number of rotatable bonds is 7. The lowest BCUT2D eigenvalue weighted by atomic mass is 9.85. The Morgan fingerprint density at radius 1 is 1.26 bits per heavy atom. The van der Waals surface area contributed by atoms with Crippen molar-refractivity contribution in [3.63, 3.8) is 0 Å². The highest BCUT2D eigenvalue weighted by Gasteiger charge is 2.33. The van der Waals surface area contributed by atoms with E-state index < -0.39 is 0 Å². The Morgan fingerprint density at radius 2 is 2.05 bits per heavy atom. The van der Waals surface area contributed by atoms with Gasteiger partial charge < -0.3 is 19.4 Å². The Labute approximate surface area is 224 Å². The molecule has 1 aromatic rings. The number of halogens is 1. The fraction of sp³-hybridized carbons (Fsp3) is 0.586. The fourth-order valence-electron chi connectivity index (χ4n) is 5.31. The van der Waals surface area contributed by atoms with Gasteiger partial charge in [-0.25, -0.2) is 9.80 Å². The maximum Gasteiger partial charge on any atom is 0.314 e.